The molecule has 2 amide bonds. The number of nitrogens with one attached hydrogen (secondary N) is 1. The van der Waals surface area contributed by atoms with Gasteiger partial charge in [0.05, 0.1) is 17.7 Å². The Kier molecular flexibility index (Phi) is 4.34. The third-order valence-electron chi connectivity index (χ3n) is 4.38. The van der Waals surface area contributed by atoms with E-state index in [1.165, 1.54) is 16.2 Å². The minimum Gasteiger partial charge on any atom is -0.354 e. The third-order valence-corrected chi connectivity index (χ3v) is 4.97. The molecule has 0 aliphatic carbocycles. The van der Waals surface area contributed by atoms with Crippen LogP contribution in [0.2, 0.25) is 0 Å². The van der Waals surface area contributed by atoms with Gasteiger partial charge in [-0.25, -0.2) is 22.9 Å². The van der Waals surface area contributed by atoms with Crippen LogP contribution in [0.4, 0.5) is 23.7 Å². The lowest BCUT2D eigenvalue weighted by Gasteiger charge is -2.32. The number of nitrogens with zero attached hydrogens (tertiary/aromatic N) is 3. The molecule has 1 aromatic carbocycles. The van der Waals surface area contributed by atoms with E-state index in [4.69, 9.17) is 4.52 Å². The van der Waals surface area contributed by atoms with Crippen molar-refractivity contribution in [2.45, 2.75) is 25.9 Å². The fourth-order valence-electron chi connectivity index (χ4n) is 3.00. The minimum absolute atomic E-state index is 0.167. The number of aromatic nitrogens is 2. The summed E-state index contributed by atoms with van der Waals surface area (Å²) >= 11 is 1.41. The monoisotopic (exact) mass is 394 g/mol. The molecule has 1 aliphatic rings. The summed E-state index contributed by atoms with van der Waals surface area (Å²) in [4.78, 5) is 18.3. The van der Waals surface area contributed by atoms with E-state index in [1.54, 1.807) is 5.51 Å². The number of hydrogen-bond acceptors (Lipinski definition) is 5. The summed E-state index contributed by atoms with van der Waals surface area (Å²) in [7, 11) is 0. The summed E-state index contributed by atoms with van der Waals surface area (Å²) in [6.07, 6.45) is 0.461. The zero-order valence-corrected chi connectivity index (χ0v) is 14.8. The number of urea groups is 1. The predicted molar refractivity (Wildman–Crippen MR) is 91.7 cm³/mol. The SMILES string of the molecule is C[C@H]1Cc2noc(-c3cscn3)c2CN1C(=O)Nc1cc(F)c(F)c(F)c1. The topological polar surface area (TPSA) is 71.3 Å². The van der Waals surface area contributed by atoms with E-state index in [-0.39, 0.29) is 18.3 Å². The number of thiazole rings is 1. The van der Waals surface area contributed by atoms with Gasteiger partial charge in [-0.15, -0.1) is 11.3 Å². The molecule has 4 rings (SSSR count). The number of amides is 2. The van der Waals surface area contributed by atoms with Crippen molar-refractivity contribution in [2.75, 3.05) is 5.32 Å². The molecule has 140 valence electrons. The zero-order chi connectivity index (χ0) is 19.1. The van der Waals surface area contributed by atoms with Gasteiger partial charge in [-0.2, -0.15) is 0 Å². The predicted octanol–water partition coefficient (Wildman–Crippen LogP) is 4.19. The van der Waals surface area contributed by atoms with Crippen molar-refractivity contribution in [1.29, 1.82) is 0 Å². The molecule has 0 bridgehead atoms. The number of halogens is 3. The molecular formula is C17H13F3N4O2S. The van der Waals surface area contributed by atoms with Gasteiger partial charge in [-0.1, -0.05) is 5.16 Å². The Balaban J connectivity index is 1.58. The Hall–Kier alpha value is -2.88. The number of rotatable bonds is 2. The molecule has 1 aliphatic heterocycles. The number of anilines is 1. The van der Waals surface area contributed by atoms with E-state index in [1.807, 2.05) is 12.3 Å². The second-order valence-electron chi connectivity index (χ2n) is 6.18. The van der Waals surface area contributed by atoms with Crippen LogP contribution in [0.1, 0.15) is 18.2 Å². The van der Waals surface area contributed by atoms with Crippen molar-refractivity contribution in [3.63, 3.8) is 0 Å². The van der Waals surface area contributed by atoms with Crippen molar-refractivity contribution < 1.29 is 22.5 Å². The summed E-state index contributed by atoms with van der Waals surface area (Å²) in [6.45, 7) is 2.02. The Morgan fingerprint density at radius 3 is 2.74 bits per heavy atom. The van der Waals surface area contributed by atoms with Crippen LogP contribution in [0.3, 0.4) is 0 Å². The molecule has 0 saturated heterocycles. The molecule has 3 aromatic rings. The van der Waals surface area contributed by atoms with Gasteiger partial charge >= 0.3 is 6.03 Å². The minimum atomic E-state index is -1.58. The lowest BCUT2D eigenvalue weighted by atomic mass is 9.99. The first-order valence-corrected chi connectivity index (χ1v) is 8.96. The van der Waals surface area contributed by atoms with Crippen LogP contribution in [-0.4, -0.2) is 27.1 Å². The maximum absolute atomic E-state index is 13.4. The first-order valence-electron chi connectivity index (χ1n) is 8.02. The Bertz CT molecular complexity index is 983. The van der Waals surface area contributed by atoms with E-state index < -0.39 is 23.5 Å². The Labute approximate surface area is 155 Å². The van der Waals surface area contributed by atoms with E-state index in [9.17, 15) is 18.0 Å². The normalized spacial score (nSPS) is 16.3. The van der Waals surface area contributed by atoms with Gasteiger partial charge in [0.25, 0.3) is 0 Å². The fourth-order valence-corrected chi connectivity index (χ4v) is 3.53. The average molecular weight is 394 g/mol. The summed E-state index contributed by atoms with van der Waals surface area (Å²) in [5.74, 6) is -3.83. The summed E-state index contributed by atoms with van der Waals surface area (Å²) < 4.78 is 45.2. The molecule has 10 heteroatoms. The number of hydrogen-bond donors (Lipinski definition) is 1. The third kappa shape index (κ3) is 3.16. The highest BCUT2D eigenvalue weighted by molar-refractivity contribution is 7.07. The van der Waals surface area contributed by atoms with E-state index in [0.717, 1.165) is 23.4 Å². The van der Waals surface area contributed by atoms with Crippen LogP contribution in [0.25, 0.3) is 11.5 Å². The van der Waals surface area contributed by atoms with Gasteiger partial charge in [0.1, 0.15) is 5.69 Å². The lowest BCUT2D eigenvalue weighted by Crippen LogP contribution is -2.44. The van der Waals surface area contributed by atoms with Crippen molar-refractivity contribution in [3.8, 4) is 11.5 Å². The van der Waals surface area contributed by atoms with Crippen molar-refractivity contribution in [1.82, 2.24) is 15.0 Å². The highest BCUT2D eigenvalue weighted by atomic mass is 32.1. The van der Waals surface area contributed by atoms with Gasteiger partial charge in [-0.05, 0) is 6.92 Å². The number of carbonyl (C=O) groups excluding carboxylic acids is 1. The molecule has 6 nitrogen and oxygen atoms in total. The molecule has 3 heterocycles. The number of fused-ring (bicyclic) bond motifs is 1. The maximum atomic E-state index is 13.4. The molecule has 0 unspecified atom stereocenters. The number of benzene rings is 1. The lowest BCUT2D eigenvalue weighted by molar-refractivity contribution is 0.182. The van der Waals surface area contributed by atoms with Crippen molar-refractivity contribution in [3.05, 3.63) is 51.7 Å². The van der Waals surface area contributed by atoms with E-state index >= 15 is 0 Å². The first kappa shape index (κ1) is 17.5. The highest BCUT2D eigenvalue weighted by Gasteiger charge is 2.32. The van der Waals surface area contributed by atoms with Crippen LogP contribution >= 0.6 is 11.3 Å². The van der Waals surface area contributed by atoms with Gasteiger partial charge in [0, 0.05) is 41.2 Å². The number of carbonyl (C=O) groups is 1. The van der Waals surface area contributed by atoms with Gasteiger partial charge in [0.15, 0.2) is 23.2 Å². The van der Waals surface area contributed by atoms with Crippen LogP contribution in [0.5, 0.6) is 0 Å². The quantitative estimate of drug-likeness (QED) is 0.662. The highest BCUT2D eigenvalue weighted by Crippen LogP contribution is 2.32. The van der Waals surface area contributed by atoms with E-state index in [0.29, 0.717) is 17.9 Å². The Morgan fingerprint density at radius 1 is 1.33 bits per heavy atom. The molecule has 27 heavy (non-hydrogen) atoms. The standard InChI is InChI=1S/C17H13F3N4O2S/c1-8-2-13-10(16(26-23-13)14-6-27-7-21-14)5-24(8)17(25)22-9-3-11(18)15(20)12(19)4-9/h3-4,6-8H,2,5H2,1H3,(H,22,25)/t8-/m0/s1. The van der Waals surface area contributed by atoms with Crippen LogP contribution < -0.4 is 5.32 Å². The van der Waals surface area contributed by atoms with Gasteiger partial charge < -0.3 is 14.7 Å². The van der Waals surface area contributed by atoms with Crippen LogP contribution in [0, 0.1) is 17.5 Å². The largest absolute Gasteiger partial charge is 0.354 e. The first-order chi connectivity index (χ1) is 12.9. The van der Waals surface area contributed by atoms with Gasteiger partial charge in [0.2, 0.25) is 0 Å². The average Bonchev–Trinajstić information content (AvgIpc) is 3.27. The molecule has 1 N–H and O–H groups in total. The second kappa shape index (κ2) is 6.69. The fraction of sp³-hybridized carbons (Fsp3) is 0.235. The van der Waals surface area contributed by atoms with Crippen LogP contribution in [0.15, 0.2) is 27.5 Å². The van der Waals surface area contributed by atoms with Gasteiger partial charge in [-0.3, -0.25) is 0 Å². The van der Waals surface area contributed by atoms with Crippen molar-refractivity contribution in [2.24, 2.45) is 0 Å². The molecule has 1 atom stereocenters. The molecule has 0 radical (unpaired) electrons. The second-order valence-corrected chi connectivity index (χ2v) is 6.89. The van der Waals surface area contributed by atoms with Crippen molar-refractivity contribution >= 4 is 23.1 Å². The molecule has 0 saturated carbocycles. The van der Waals surface area contributed by atoms with E-state index in [2.05, 4.69) is 15.5 Å². The molecule has 2 aromatic heterocycles. The molecular weight excluding hydrogens is 381 g/mol. The molecule has 0 spiro atoms. The van der Waals surface area contributed by atoms with Crippen LogP contribution in [-0.2, 0) is 13.0 Å². The Morgan fingerprint density at radius 2 is 2.07 bits per heavy atom. The summed E-state index contributed by atoms with van der Waals surface area (Å²) in [5, 5.41) is 8.28. The smallest absolute Gasteiger partial charge is 0.322 e. The maximum Gasteiger partial charge on any atom is 0.322 e. The summed E-state index contributed by atoms with van der Waals surface area (Å²) in [5.41, 5.74) is 3.61. The summed E-state index contributed by atoms with van der Waals surface area (Å²) in [6, 6.07) is 0.678. The molecule has 0 fully saturated rings. The zero-order valence-electron chi connectivity index (χ0n) is 14.0.